The van der Waals surface area contributed by atoms with Gasteiger partial charge in [0, 0.05) is 7.11 Å². The third-order valence-corrected chi connectivity index (χ3v) is 1.39. The van der Waals surface area contributed by atoms with Crippen LogP contribution in [0.15, 0.2) is 0 Å². The van der Waals surface area contributed by atoms with E-state index in [1.54, 1.807) is 14.0 Å². The van der Waals surface area contributed by atoms with E-state index in [0.29, 0.717) is 19.8 Å². The molecule has 1 unspecified atom stereocenters. The fourth-order valence-electron chi connectivity index (χ4n) is 0.726. The standard InChI is InChI=1S/C9H18O5/c1-4-12-9(10)14-7-8(2)13-6-5-11-3/h8H,4-7H2,1-3H3. The van der Waals surface area contributed by atoms with Crippen molar-refractivity contribution in [2.75, 3.05) is 33.5 Å². The van der Waals surface area contributed by atoms with Gasteiger partial charge in [0.15, 0.2) is 0 Å². The maximum Gasteiger partial charge on any atom is 0.508 e. The summed E-state index contributed by atoms with van der Waals surface area (Å²) in [6.45, 7) is 5.07. The molecule has 0 aromatic heterocycles. The molecule has 0 aromatic carbocycles. The van der Waals surface area contributed by atoms with Crippen LogP contribution in [0.3, 0.4) is 0 Å². The molecular formula is C9H18O5. The monoisotopic (exact) mass is 206 g/mol. The molecule has 0 N–H and O–H groups in total. The van der Waals surface area contributed by atoms with Crippen LogP contribution in [0.2, 0.25) is 0 Å². The van der Waals surface area contributed by atoms with Crippen LogP contribution in [0.5, 0.6) is 0 Å². The predicted octanol–water partition coefficient (Wildman–Crippen LogP) is 1.21. The summed E-state index contributed by atoms with van der Waals surface area (Å²) in [6, 6.07) is 0. The molecule has 0 aliphatic heterocycles. The normalized spacial score (nSPS) is 12.2. The van der Waals surface area contributed by atoms with Crippen molar-refractivity contribution < 1.29 is 23.7 Å². The molecule has 84 valence electrons. The van der Waals surface area contributed by atoms with E-state index in [9.17, 15) is 4.79 Å². The lowest BCUT2D eigenvalue weighted by molar-refractivity contribution is -0.0217. The Morgan fingerprint density at radius 2 is 2.00 bits per heavy atom. The molecule has 0 aliphatic rings. The molecule has 0 amide bonds. The van der Waals surface area contributed by atoms with Gasteiger partial charge in [0.05, 0.1) is 25.9 Å². The van der Waals surface area contributed by atoms with Crippen molar-refractivity contribution in [3.8, 4) is 0 Å². The average Bonchev–Trinajstić information content (AvgIpc) is 2.16. The molecule has 0 saturated heterocycles. The summed E-state index contributed by atoms with van der Waals surface area (Å²) in [6.07, 6.45) is -0.802. The lowest BCUT2D eigenvalue weighted by Crippen LogP contribution is -2.21. The Bertz CT molecular complexity index is 148. The highest BCUT2D eigenvalue weighted by Crippen LogP contribution is 1.94. The molecule has 0 rings (SSSR count). The Balaban J connectivity index is 3.33. The van der Waals surface area contributed by atoms with Crippen molar-refractivity contribution in [3.63, 3.8) is 0 Å². The fraction of sp³-hybridized carbons (Fsp3) is 0.889. The first kappa shape index (κ1) is 13.2. The second-order valence-corrected chi connectivity index (χ2v) is 2.67. The lowest BCUT2D eigenvalue weighted by Gasteiger charge is -2.12. The minimum Gasteiger partial charge on any atom is -0.435 e. The van der Waals surface area contributed by atoms with Crippen molar-refractivity contribution >= 4 is 6.16 Å². The minimum atomic E-state index is -0.658. The van der Waals surface area contributed by atoms with E-state index >= 15 is 0 Å². The summed E-state index contributed by atoms with van der Waals surface area (Å²) in [5, 5.41) is 0. The maximum atomic E-state index is 10.8. The van der Waals surface area contributed by atoms with Gasteiger partial charge in [-0.25, -0.2) is 4.79 Å². The Morgan fingerprint density at radius 3 is 2.57 bits per heavy atom. The number of carbonyl (C=O) groups excluding carboxylic acids is 1. The van der Waals surface area contributed by atoms with Gasteiger partial charge in [0.2, 0.25) is 0 Å². The molecule has 0 bridgehead atoms. The first-order valence-electron chi connectivity index (χ1n) is 4.60. The minimum absolute atomic E-state index is 0.144. The van der Waals surface area contributed by atoms with Crippen LogP contribution in [0, 0.1) is 0 Å². The quantitative estimate of drug-likeness (QED) is 0.463. The van der Waals surface area contributed by atoms with Crippen molar-refractivity contribution in [2.24, 2.45) is 0 Å². The van der Waals surface area contributed by atoms with Crippen molar-refractivity contribution in [1.29, 1.82) is 0 Å². The number of ether oxygens (including phenoxy) is 4. The van der Waals surface area contributed by atoms with Crippen molar-refractivity contribution in [3.05, 3.63) is 0 Å². The Labute approximate surface area is 84.3 Å². The van der Waals surface area contributed by atoms with Crippen LogP contribution < -0.4 is 0 Å². The third kappa shape index (κ3) is 7.82. The smallest absolute Gasteiger partial charge is 0.435 e. The highest BCUT2D eigenvalue weighted by atomic mass is 16.7. The molecule has 0 fully saturated rings. The molecule has 0 heterocycles. The second-order valence-electron chi connectivity index (χ2n) is 2.67. The Hall–Kier alpha value is -0.810. The molecule has 1 atom stereocenters. The van der Waals surface area contributed by atoms with Gasteiger partial charge in [-0.1, -0.05) is 0 Å². The highest BCUT2D eigenvalue weighted by molar-refractivity contribution is 5.59. The summed E-state index contributed by atoms with van der Waals surface area (Å²) >= 11 is 0. The summed E-state index contributed by atoms with van der Waals surface area (Å²) in [7, 11) is 1.60. The summed E-state index contributed by atoms with van der Waals surface area (Å²) < 4.78 is 19.4. The summed E-state index contributed by atoms with van der Waals surface area (Å²) in [5.41, 5.74) is 0. The largest absolute Gasteiger partial charge is 0.508 e. The topological polar surface area (TPSA) is 54.0 Å². The van der Waals surface area contributed by atoms with Gasteiger partial charge in [-0.15, -0.1) is 0 Å². The maximum absolute atomic E-state index is 10.8. The predicted molar refractivity (Wildman–Crippen MR) is 50.3 cm³/mol. The molecule has 5 heteroatoms. The van der Waals surface area contributed by atoms with Gasteiger partial charge in [-0.2, -0.15) is 0 Å². The van der Waals surface area contributed by atoms with E-state index in [1.165, 1.54) is 0 Å². The number of rotatable bonds is 7. The number of hydrogen-bond donors (Lipinski definition) is 0. The van der Waals surface area contributed by atoms with Gasteiger partial charge in [0.25, 0.3) is 0 Å². The van der Waals surface area contributed by atoms with Crippen LogP contribution in [0.1, 0.15) is 13.8 Å². The van der Waals surface area contributed by atoms with E-state index in [1.807, 2.05) is 6.92 Å². The second kappa shape index (κ2) is 8.77. The number of methoxy groups -OCH3 is 1. The fourth-order valence-corrected chi connectivity index (χ4v) is 0.726. The van der Waals surface area contributed by atoms with E-state index in [4.69, 9.17) is 14.2 Å². The molecule has 0 radical (unpaired) electrons. The first-order chi connectivity index (χ1) is 6.70. The zero-order valence-electron chi connectivity index (χ0n) is 8.95. The van der Waals surface area contributed by atoms with Crippen LogP contribution in [-0.4, -0.2) is 45.8 Å². The Kier molecular flexibility index (Phi) is 8.27. The zero-order chi connectivity index (χ0) is 10.8. The van der Waals surface area contributed by atoms with Gasteiger partial charge in [-0.05, 0) is 13.8 Å². The summed E-state index contributed by atoms with van der Waals surface area (Å²) in [5.74, 6) is 0. The van der Waals surface area contributed by atoms with E-state index < -0.39 is 6.16 Å². The zero-order valence-corrected chi connectivity index (χ0v) is 8.95. The number of hydrogen-bond acceptors (Lipinski definition) is 5. The van der Waals surface area contributed by atoms with E-state index in [0.717, 1.165) is 0 Å². The molecule has 14 heavy (non-hydrogen) atoms. The molecule has 0 spiro atoms. The number of carbonyl (C=O) groups is 1. The average molecular weight is 206 g/mol. The van der Waals surface area contributed by atoms with Crippen LogP contribution in [-0.2, 0) is 18.9 Å². The molecular weight excluding hydrogens is 188 g/mol. The molecule has 0 aliphatic carbocycles. The summed E-state index contributed by atoms with van der Waals surface area (Å²) in [4.78, 5) is 10.8. The van der Waals surface area contributed by atoms with Crippen molar-refractivity contribution in [2.45, 2.75) is 20.0 Å². The van der Waals surface area contributed by atoms with Crippen LogP contribution >= 0.6 is 0 Å². The first-order valence-corrected chi connectivity index (χ1v) is 4.60. The highest BCUT2D eigenvalue weighted by Gasteiger charge is 2.07. The van der Waals surface area contributed by atoms with Gasteiger partial charge in [-0.3, -0.25) is 0 Å². The lowest BCUT2D eigenvalue weighted by atomic mass is 10.4. The third-order valence-electron chi connectivity index (χ3n) is 1.39. The van der Waals surface area contributed by atoms with Crippen molar-refractivity contribution in [1.82, 2.24) is 0 Å². The molecule has 0 aromatic rings. The van der Waals surface area contributed by atoms with Gasteiger partial charge >= 0.3 is 6.16 Å². The molecule has 0 saturated carbocycles. The molecule has 5 nitrogen and oxygen atoms in total. The SMILES string of the molecule is CCOC(=O)OCC(C)OCCOC. The Morgan fingerprint density at radius 1 is 1.29 bits per heavy atom. The van der Waals surface area contributed by atoms with Gasteiger partial charge < -0.3 is 18.9 Å². The van der Waals surface area contributed by atoms with E-state index in [-0.39, 0.29) is 12.7 Å². The van der Waals surface area contributed by atoms with E-state index in [2.05, 4.69) is 4.74 Å². The van der Waals surface area contributed by atoms with Crippen LogP contribution in [0.25, 0.3) is 0 Å². The van der Waals surface area contributed by atoms with Crippen LogP contribution in [0.4, 0.5) is 4.79 Å². The van der Waals surface area contributed by atoms with Gasteiger partial charge in [0.1, 0.15) is 6.61 Å².